The van der Waals surface area contributed by atoms with E-state index in [9.17, 15) is 0 Å². The van der Waals surface area contributed by atoms with Crippen molar-refractivity contribution in [2.24, 2.45) is 11.5 Å². The molecule has 6 N–H and O–H groups in total. The summed E-state index contributed by atoms with van der Waals surface area (Å²) < 4.78 is 0. The third kappa shape index (κ3) is 26.7. The molecule has 6 heteroatoms. The van der Waals surface area contributed by atoms with Gasteiger partial charge in [0.05, 0.1) is 0 Å². The summed E-state index contributed by atoms with van der Waals surface area (Å²) in [6.45, 7) is 0. The second-order valence-corrected chi connectivity index (χ2v) is 0.685. The van der Waals surface area contributed by atoms with Crippen molar-refractivity contribution in [2.75, 3.05) is 0 Å². The van der Waals surface area contributed by atoms with Crippen molar-refractivity contribution in [1.29, 1.82) is 0 Å². The number of carbonyl (C=O) groups is 2. The molecule has 0 atom stereocenters. The summed E-state index contributed by atoms with van der Waals surface area (Å²) in [4.78, 5) is 17.6. The van der Waals surface area contributed by atoms with Gasteiger partial charge in [-0.3, -0.25) is 0 Å². The lowest BCUT2D eigenvalue weighted by molar-refractivity contribution is 0.137. The van der Waals surface area contributed by atoms with Crippen LogP contribution < -0.4 is 11.5 Å². The molecule has 0 aromatic rings. The third-order valence-corrected chi connectivity index (χ3v) is 0. The number of urea groups is 1. The van der Waals surface area contributed by atoms with E-state index in [2.05, 4.69) is 11.5 Å². The highest BCUT2D eigenvalue weighted by Gasteiger charge is 1.70. The van der Waals surface area contributed by atoms with Crippen LogP contribution in [0.2, 0.25) is 0 Å². The number of carboxylic acid groups (broad SMARTS) is 2. The van der Waals surface area contributed by atoms with Crippen molar-refractivity contribution in [3.8, 4) is 0 Å². The molecule has 0 fully saturated rings. The number of rotatable bonds is 0. The molecule has 48 valence electrons. The van der Waals surface area contributed by atoms with Crippen LogP contribution in [0.4, 0.5) is 9.59 Å². The summed E-state index contributed by atoms with van der Waals surface area (Å²) in [6.07, 6.45) is -1.83. The third-order valence-electron chi connectivity index (χ3n) is 0. The summed E-state index contributed by atoms with van der Waals surface area (Å²) >= 11 is 0. The van der Waals surface area contributed by atoms with E-state index in [1.54, 1.807) is 0 Å². The molecule has 0 aliphatic carbocycles. The van der Waals surface area contributed by atoms with E-state index < -0.39 is 12.2 Å². The van der Waals surface area contributed by atoms with Crippen molar-refractivity contribution in [1.82, 2.24) is 0 Å². The number of nitrogens with two attached hydrogens (primary N) is 2. The predicted octanol–water partition coefficient (Wildman–Crippen LogP) is -0.754. The Hall–Kier alpha value is -1.46. The molecule has 0 bridgehead atoms. The zero-order valence-corrected chi connectivity index (χ0v) is 3.87. The van der Waals surface area contributed by atoms with Gasteiger partial charge in [0.15, 0.2) is 0 Å². The molecule has 0 saturated heterocycles. The van der Waals surface area contributed by atoms with Gasteiger partial charge in [-0.1, -0.05) is 0 Å². The van der Waals surface area contributed by atoms with Crippen LogP contribution in [0.1, 0.15) is 0 Å². The molecule has 0 aromatic carbocycles. The summed E-state index contributed by atoms with van der Waals surface area (Å²) in [5.41, 5.74) is 8.50. The molecule has 6 nitrogen and oxygen atoms in total. The molecule has 0 saturated carbocycles. The van der Waals surface area contributed by atoms with Gasteiger partial charge in [0.1, 0.15) is 0 Å². The Morgan fingerprint density at radius 1 is 1.12 bits per heavy atom. The Morgan fingerprint density at radius 2 is 1.12 bits per heavy atom. The first kappa shape index (κ1) is 9.74. The number of primary amides is 2. The van der Waals surface area contributed by atoms with Gasteiger partial charge in [-0.05, 0) is 0 Å². The van der Waals surface area contributed by atoms with Gasteiger partial charge >= 0.3 is 12.2 Å². The maximum absolute atomic E-state index is 9.00. The van der Waals surface area contributed by atoms with Gasteiger partial charge < -0.3 is 21.7 Å². The maximum Gasteiger partial charge on any atom is 0.503 e. The predicted molar refractivity (Wildman–Crippen MR) is 24.4 cm³/mol. The highest BCUT2D eigenvalue weighted by atomic mass is 16.6. The summed E-state index contributed by atoms with van der Waals surface area (Å²) in [5.74, 6) is 0. The first-order chi connectivity index (χ1) is 3.46. The minimum Gasteiger partial charge on any atom is -0.450 e. The van der Waals surface area contributed by atoms with Gasteiger partial charge in [-0.15, -0.1) is 0 Å². The summed E-state index contributed by atoms with van der Waals surface area (Å²) in [7, 11) is 0. The van der Waals surface area contributed by atoms with Crippen LogP contribution in [0, 0.1) is 0 Å². The quantitative estimate of drug-likeness (QED) is 0.337. The Bertz CT molecular complexity index is 70.0. The number of hydrogen-bond donors (Lipinski definition) is 4. The van der Waals surface area contributed by atoms with E-state index in [4.69, 9.17) is 19.8 Å². The zero-order valence-electron chi connectivity index (χ0n) is 3.87. The van der Waals surface area contributed by atoms with Crippen LogP contribution in [0.15, 0.2) is 0 Å². The number of amides is 2. The van der Waals surface area contributed by atoms with Crippen molar-refractivity contribution in [3.63, 3.8) is 0 Å². The standard InChI is InChI=1S/CH4N2O.CH2O3/c2*2-1(3)4/h(H4,2,3,4);(H2,2,3,4). The molecule has 0 aliphatic heterocycles. The second-order valence-electron chi connectivity index (χ2n) is 0.685. The fourth-order valence-corrected chi connectivity index (χ4v) is 0. The van der Waals surface area contributed by atoms with Gasteiger partial charge in [0.25, 0.3) is 0 Å². The number of carbonyl (C=O) groups excluding carboxylic acids is 1. The Balaban J connectivity index is 0. The molecule has 0 radical (unpaired) electrons. The van der Waals surface area contributed by atoms with Gasteiger partial charge in [0.2, 0.25) is 0 Å². The van der Waals surface area contributed by atoms with Gasteiger partial charge in [-0.25, -0.2) is 9.59 Å². The number of hydrogen-bond acceptors (Lipinski definition) is 2. The van der Waals surface area contributed by atoms with Crippen molar-refractivity contribution < 1.29 is 19.8 Å². The largest absolute Gasteiger partial charge is 0.503 e. The van der Waals surface area contributed by atoms with Crippen LogP contribution >= 0.6 is 0 Å². The molecule has 0 spiro atoms. The monoisotopic (exact) mass is 122 g/mol. The lowest BCUT2D eigenvalue weighted by atomic mass is 11.2. The lowest BCUT2D eigenvalue weighted by Gasteiger charge is -1.62. The van der Waals surface area contributed by atoms with E-state index in [-0.39, 0.29) is 0 Å². The van der Waals surface area contributed by atoms with Crippen LogP contribution in [0.3, 0.4) is 0 Å². The molecule has 2 amide bonds. The SMILES string of the molecule is NC(N)=O.O=C(O)O. The van der Waals surface area contributed by atoms with E-state index in [1.165, 1.54) is 0 Å². The smallest absolute Gasteiger partial charge is 0.450 e. The first-order valence-corrected chi connectivity index (χ1v) is 1.43. The van der Waals surface area contributed by atoms with Crippen LogP contribution in [0.25, 0.3) is 0 Å². The van der Waals surface area contributed by atoms with Crippen molar-refractivity contribution >= 4 is 12.2 Å². The summed E-state index contributed by atoms with van der Waals surface area (Å²) in [6, 6.07) is -0.833. The fraction of sp³-hybridized carbons (Fsp3) is 0. The Labute approximate surface area is 44.7 Å². The van der Waals surface area contributed by atoms with Crippen molar-refractivity contribution in [3.05, 3.63) is 0 Å². The summed E-state index contributed by atoms with van der Waals surface area (Å²) in [5, 5.41) is 13.9. The van der Waals surface area contributed by atoms with Gasteiger partial charge in [-0.2, -0.15) is 0 Å². The molecule has 0 unspecified atom stereocenters. The van der Waals surface area contributed by atoms with E-state index in [0.29, 0.717) is 0 Å². The normalized spacial score (nSPS) is 6.00. The average Bonchev–Trinajstić information content (AvgIpc) is 1.25. The minimum absolute atomic E-state index is 0.833. The minimum atomic E-state index is -1.83. The highest BCUT2D eigenvalue weighted by molar-refractivity contribution is 5.69. The molecule has 0 aromatic heterocycles. The maximum atomic E-state index is 9.00. The zero-order chi connectivity index (χ0) is 7.15. The Kier molecular flexibility index (Phi) is 6.74. The molecule has 0 heterocycles. The fourth-order valence-electron chi connectivity index (χ4n) is 0. The van der Waals surface area contributed by atoms with Crippen LogP contribution in [-0.2, 0) is 0 Å². The van der Waals surface area contributed by atoms with Crippen molar-refractivity contribution in [2.45, 2.75) is 0 Å². The highest BCUT2D eigenvalue weighted by Crippen LogP contribution is 1.42. The Morgan fingerprint density at radius 3 is 1.12 bits per heavy atom. The average molecular weight is 122 g/mol. The van der Waals surface area contributed by atoms with Crippen LogP contribution in [-0.4, -0.2) is 22.4 Å². The van der Waals surface area contributed by atoms with E-state index in [0.717, 1.165) is 0 Å². The molecular weight excluding hydrogens is 116 g/mol. The second kappa shape index (κ2) is 5.54. The molecule has 0 aliphatic rings. The van der Waals surface area contributed by atoms with Gasteiger partial charge in [0, 0.05) is 0 Å². The van der Waals surface area contributed by atoms with E-state index in [1.807, 2.05) is 0 Å². The molecular formula is C2H6N2O4. The molecule has 0 rings (SSSR count). The topological polar surface area (TPSA) is 127 Å². The lowest BCUT2D eigenvalue weighted by Crippen LogP contribution is -2.18. The van der Waals surface area contributed by atoms with E-state index >= 15 is 0 Å². The first-order valence-electron chi connectivity index (χ1n) is 1.43. The van der Waals surface area contributed by atoms with Crippen LogP contribution in [0.5, 0.6) is 0 Å². The molecule has 8 heavy (non-hydrogen) atoms.